The van der Waals surface area contributed by atoms with E-state index in [4.69, 9.17) is 5.73 Å². The standard InChI is InChI=1S/C15H22N2OS2/c16-14(18)15(17-12-5-6-12)8-1-3-11(15)7-10-20-13-4-2-9-19-13/h2,4,9,11-12,17H,1,3,5-8,10H2,(H2,16,18). The van der Waals surface area contributed by atoms with E-state index >= 15 is 0 Å². The van der Waals surface area contributed by atoms with E-state index in [0.29, 0.717) is 12.0 Å². The third kappa shape index (κ3) is 3.05. The number of primary amides is 1. The number of nitrogens with two attached hydrogens (primary N) is 1. The zero-order chi connectivity index (χ0) is 14.0. The summed E-state index contributed by atoms with van der Waals surface area (Å²) in [6, 6.07) is 4.78. The van der Waals surface area contributed by atoms with Crippen molar-refractivity contribution >= 4 is 29.0 Å². The summed E-state index contributed by atoms with van der Waals surface area (Å²) in [5.74, 6) is 1.35. The number of carbonyl (C=O) groups excluding carboxylic acids is 1. The molecule has 2 atom stereocenters. The van der Waals surface area contributed by atoms with Crippen molar-refractivity contribution in [2.45, 2.75) is 54.3 Å². The number of hydrogen-bond donors (Lipinski definition) is 2. The van der Waals surface area contributed by atoms with E-state index in [1.54, 1.807) is 11.3 Å². The molecular weight excluding hydrogens is 288 g/mol. The number of carbonyl (C=O) groups is 1. The van der Waals surface area contributed by atoms with Crippen molar-refractivity contribution in [3.8, 4) is 0 Å². The maximum atomic E-state index is 12.0. The molecule has 2 fully saturated rings. The summed E-state index contributed by atoms with van der Waals surface area (Å²) in [7, 11) is 0. The summed E-state index contributed by atoms with van der Waals surface area (Å²) in [4.78, 5) is 12.0. The second-order valence-corrected chi connectivity index (χ2v) is 8.26. The fourth-order valence-corrected chi connectivity index (χ4v) is 5.21. The molecule has 3 N–H and O–H groups in total. The molecular formula is C15H22N2OS2. The first-order chi connectivity index (χ1) is 9.71. The van der Waals surface area contributed by atoms with Gasteiger partial charge in [-0.05, 0) is 55.2 Å². The molecule has 2 unspecified atom stereocenters. The normalized spacial score (nSPS) is 29.7. The van der Waals surface area contributed by atoms with Crippen molar-refractivity contribution < 1.29 is 4.79 Å². The largest absolute Gasteiger partial charge is 0.368 e. The van der Waals surface area contributed by atoms with E-state index < -0.39 is 5.54 Å². The van der Waals surface area contributed by atoms with Crippen LogP contribution in [0.3, 0.4) is 0 Å². The fourth-order valence-electron chi connectivity index (χ4n) is 3.29. The Labute approximate surface area is 128 Å². The lowest BCUT2D eigenvalue weighted by Gasteiger charge is -2.34. The molecule has 0 radical (unpaired) electrons. The van der Waals surface area contributed by atoms with E-state index in [2.05, 4.69) is 22.8 Å². The van der Waals surface area contributed by atoms with Gasteiger partial charge in [0, 0.05) is 6.04 Å². The van der Waals surface area contributed by atoms with Crippen LogP contribution in [0.5, 0.6) is 0 Å². The van der Waals surface area contributed by atoms with Gasteiger partial charge in [0.15, 0.2) is 0 Å². The Kier molecular flexibility index (Phi) is 4.38. The van der Waals surface area contributed by atoms with E-state index in [-0.39, 0.29) is 5.91 Å². The first-order valence-corrected chi connectivity index (χ1v) is 9.31. The smallest absolute Gasteiger partial charge is 0.238 e. The Morgan fingerprint density at radius 2 is 2.35 bits per heavy atom. The number of rotatable bonds is 7. The predicted molar refractivity (Wildman–Crippen MR) is 85.1 cm³/mol. The molecule has 1 heterocycles. The van der Waals surface area contributed by atoms with Crippen molar-refractivity contribution in [3.63, 3.8) is 0 Å². The molecule has 20 heavy (non-hydrogen) atoms. The molecule has 3 rings (SSSR count). The maximum absolute atomic E-state index is 12.0. The SMILES string of the molecule is NC(=O)C1(NC2CC2)CCCC1CCSc1cccs1. The van der Waals surface area contributed by atoms with Gasteiger partial charge in [-0.2, -0.15) is 0 Å². The van der Waals surface area contributed by atoms with Gasteiger partial charge in [-0.1, -0.05) is 12.5 Å². The van der Waals surface area contributed by atoms with Gasteiger partial charge in [0.2, 0.25) is 5.91 Å². The average Bonchev–Trinajstić information content (AvgIpc) is 2.91. The van der Waals surface area contributed by atoms with Crippen LogP contribution in [0, 0.1) is 5.92 Å². The molecule has 5 heteroatoms. The number of hydrogen-bond acceptors (Lipinski definition) is 4. The Balaban J connectivity index is 1.59. The van der Waals surface area contributed by atoms with Crippen LogP contribution < -0.4 is 11.1 Å². The highest BCUT2D eigenvalue weighted by atomic mass is 32.2. The van der Waals surface area contributed by atoms with Crippen LogP contribution in [0.2, 0.25) is 0 Å². The first-order valence-electron chi connectivity index (χ1n) is 7.44. The van der Waals surface area contributed by atoms with Crippen LogP contribution in [-0.2, 0) is 4.79 Å². The van der Waals surface area contributed by atoms with Crippen LogP contribution in [0.4, 0.5) is 0 Å². The Hall–Kier alpha value is -0.520. The van der Waals surface area contributed by atoms with Gasteiger partial charge in [-0.15, -0.1) is 23.1 Å². The second-order valence-electron chi connectivity index (χ2n) is 5.91. The topological polar surface area (TPSA) is 55.1 Å². The molecule has 0 saturated heterocycles. The minimum Gasteiger partial charge on any atom is -0.368 e. The van der Waals surface area contributed by atoms with Crippen molar-refractivity contribution in [1.29, 1.82) is 0 Å². The van der Waals surface area contributed by atoms with Gasteiger partial charge in [-0.25, -0.2) is 0 Å². The highest BCUT2D eigenvalue weighted by Gasteiger charge is 2.49. The van der Waals surface area contributed by atoms with Crippen LogP contribution in [-0.4, -0.2) is 23.2 Å². The van der Waals surface area contributed by atoms with E-state index in [9.17, 15) is 4.79 Å². The van der Waals surface area contributed by atoms with Gasteiger partial charge >= 0.3 is 0 Å². The Morgan fingerprint density at radius 1 is 1.50 bits per heavy atom. The molecule has 2 saturated carbocycles. The molecule has 110 valence electrons. The first kappa shape index (κ1) is 14.4. The van der Waals surface area contributed by atoms with Gasteiger partial charge in [-0.3, -0.25) is 4.79 Å². The van der Waals surface area contributed by atoms with Crippen molar-refractivity contribution in [3.05, 3.63) is 17.5 Å². The summed E-state index contributed by atoms with van der Waals surface area (Å²) >= 11 is 3.69. The van der Waals surface area contributed by atoms with Crippen molar-refractivity contribution in [2.24, 2.45) is 11.7 Å². The number of amides is 1. The maximum Gasteiger partial charge on any atom is 0.238 e. The highest BCUT2D eigenvalue weighted by molar-refractivity contribution is 8.01. The lowest BCUT2D eigenvalue weighted by Crippen LogP contribution is -2.58. The fraction of sp³-hybridized carbons (Fsp3) is 0.667. The minimum absolute atomic E-state index is 0.131. The van der Waals surface area contributed by atoms with Gasteiger partial charge in [0.1, 0.15) is 5.54 Å². The molecule has 0 bridgehead atoms. The predicted octanol–water partition coefficient (Wildman–Crippen LogP) is 3.01. The second kappa shape index (κ2) is 6.08. The van der Waals surface area contributed by atoms with Crippen LogP contribution in [0.1, 0.15) is 38.5 Å². The molecule has 0 spiro atoms. The van der Waals surface area contributed by atoms with Crippen LogP contribution >= 0.6 is 23.1 Å². The van der Waals surface area contributed by atoms with Crippen molar-refractivity contribution in [2.75, 3.05) is 5.75 Å². The monoisotopic (exact) mass is 310 g/mol. The number of nitrogens with one attached hydrogen (secondary N) is 1. The molecule has 1 aromatic heterocycles. The van der Waals surface area contributed by atoms with E-state index in [1.807, 2.05) is 11.8 Å². The van der Waals surface area contributed by atoms with E-state index in [0.717, 1.165) is 31.4 Å². The number of thiophene rings is 1. The van der Waals surface area contributed by atoms with Gasteiger partial charge < -0.3 is 11.1 Å². The van der Waals surface area contributed by atoms with Crippen LogP contribution in [0.15, 0.2) is 21.7 Å². The lowest BCUT2D eigenvalue weighted by atomic mass is 9.84. The summed E-state index contributed by atoms with van der Waals surface area (Å²) in [5.41, 5.74) is 5.34. The third-order valence-electron chi connectivity index (χ3n) is 4.51. The summed E-state index contributed by atoms with van der Waals surface area (Å²) < 4.78 is 1.36. The summed E-state index contributed by atoms with van der Waals surface area (Å²) in [6.07, 6.45) is 6.65. The minimum atomic E-state index is -0.419. The quantitative estimate of drug-likeness (QED) is 0.761. The number of thioether (sulfide) groups is 1. The van der Waals surface area contributed by atoms with Crippen molar-refractivity contribution in [1.82, 2.24) is 5.32 Å². The Bertz CT molecular complexity index is 458. The highest BCUT2D eigenvalue weighted by Crippen LogP contribution is 2.41. The lowest BCUT2D eigenvalue weighted by molar-refractivity contribution is -0.126. The molecule has 2 aliphatic rings. The molecule has 0 aliphatic heterocycles. The third-order valence-corrected chi connectivity index (χ3v) is 6.67. The van der Waals surface area contributed by atoms with Crippen LogP contribution in [0.25, 0.3) is 0 Å². The van der Waals surface area contributed by atoms with Gasteiger partial charge in [0.25, 0.3) is 0 Å². The van der Waals surface area contributed by atoms with Gasteiger partial charge in [0.05, 0.1) is 4.21 Å². The average molecular weight is 310 g/mol. The molecule has 2 aliphatic carbocycles. The van der Waals surface area contributed by atoms with E-state index in [1.165, 1.54) is 17.1 Å². The zero-order valence-corrected chi connectivity index (χ0v) is 13.3. The molecule has 0 aromatic carbocycles. The molecule has 1 amide bonds. The summed E-state index contributed by atoms with van der Waals surface area (Å²) in [5, 5.41) is 5.69. The molecule has 1 aromatic rings. The zero-order valence-electron chi connectivity index (χ0n) is 11.6. The Morgan fingerprint density at radius 3 is 3.00 bits per heavy atom. The molecule has 3 nitrogen and oxygen atoms in total. The summed E-state index contributed by atoms with van der Waals surface area (Å²) in [6.45, 7) is 0.